The molecular weight excluding hydrogens is 563 g/mol. The summed E-state index contributed by atoms with van der Waals surface area (Å²) in [5, 5.41) is -2.25. The minimum atomic E-state index is -2.25. The van der Waals surface area contributed by atoms with E-state index in [-0.39, 0.29) is 6.42 Å². The van der Waals surface area contributed by atoms with Gasteiger partial charge in [-0.25, -0.2) is 0 Å². The number of methoxy groups -OCH3 is 1. The van der Waals surface area contributed by atoms with E-state index in [9.17, 15) is 4.39 Å². The van der Waals surface area contributed by atoms with Gasteiger partial charge in [-0.2, -0.15) is 4.39 Å². The van der Waals surface area contributed by atoms with Gasteiger partial charge in [-0.15, -0.1) is 0 Å². The lowest BCUT2D eigenvalue weighted by Crippen LogP contribution is -2.20. The summed E-state index contributed by atoms with van der Waals surface area (Å²) in [4.78, 5) is 0. The zero-order valence-electron chi connectivity index (χ0n) is 24.9. The highest BCUT2D eigenvalue weighted by molar-refractivity contribution is 6.21. The number of hydrogen-bond donors (Lipinski definition) is 0. The van der Waals surface area contributed by atoms with Gasteiger partial charge in [-0.05, 0) is 79.2 Å². The summed E-state index contributed by atoms with van der Waals surface area (Å²) < 4.78 is 19.6. The molecule has 0 amide bonds. The van der Waals surface area contributed by atoms with Gasteiger partial charge in [0.15, 0.2) is 0 Å². The van der Waals surface area contributed by atoms with Crippen LogP contribution in [0.3, 0.4) is 0 Å². The Morgan fingerprint density at radius 1 is 0.545 bits per heavy atom. The molecule has 1 atom stereocenters. The van der Waals surface area contributed by atoms with Gasteiger partial charge >= 0.3 is 0 Å². The van der Waals surface area contributed by atoms with Crippen molar-refractivity contribution < 1.29 is 9.13 Å². The third-order valence-corrected chi connectivity index (χ3v) is 8.44. The first-order valence-corrected chi connectivity index (χ1v) is 15.3. The topological polar surface area (TPSA) is 9.23 Å². The maximum atomic E-state index is 14.7. The van der Waals surface area contributed by atoms with Crippen molar-refractivity contribution in [2.75, 3.05) is 7.11 Å². The van der Waals surface area contributed by atoms with Gasteiger partial charge in [0.2, 0.25) is 0 Å². The van der Waals surface area contributed by atoms with Crippen LogP contribution in [0.15, 0.2) is 146 Å². The fraction of sp³-hybridized carbons (Fsp3) is 0.122. The molecule has 0 heterocycles. The van der Waals surface area contributed by atoms with Crippen LogP contribution < -0.4 is 0 Å². The van der Waals surface area contributed by atoms with E-state index in [2.05, 4.69) is 146 Å². The summed E-state index contributed by atoms with van der Waals surface area (Å²) in [7, 11) is 1.29. The van der Waals surface area contributed by atoms with Crippen molar-refractivity contribution in [3.05, 3.63) is 157 Å². The molecule has 0 saturated carbocycles. The lowest BCUT2D eigenvalue weighted by atomic mass is 9.78. The van der Waals surface area contributed by atoms with Crippen LogP contribution in [0.4, 0.5) is 4.39 Å². The molecule has 0 aliphatic rings. The third-order valence-electron chi connectivity index (χ3n) is 8.15. The predicted octanol–water partition coefficient (Wildman–Crippen LogP) is 11.6. The minimum Gasteiger partial charge on any atom is -0.337 e. The summed E-state index contributed by atoms with van der Waals surface area (Å²) in [6.45, 7) is 2.14. The third kappa shape index (κ3) is 6.10. The largest absolute Gasteiger partial charge is 0.337 e. The van der Waals surface area contributed by atoms with Crippen LogP contribution >= 0.6 is 11.6 Å². The Labute approximate surface area is 264 Å². The summed E-state index contributed by atoms with van der Waals surface area (Å²) in [5.41, 5.74) is 13.4. The molecule has 0 N–H and O–H groups in total. The monoisotopic (exact) mass is 596 g/mol. The average molecular weight is 597 g/mol. The molecule has 44 heavy (non-hydrogen) atoms. The van der Waals surface area contributed by atoms with Crippen molar-refractivity contribution >= 4 is 11.6 Å². The van der Waals surface area contributed by atoms with E-state index in [1.165, 1.54) is 18.2 Å². The second-order valence-corrected chi connectivity index (χ2v) is 11.5. The molecule has 6 aromatic rings. The van der Waals surface area contributed by atoms with E-state index in [0.29, 0.717) is 0 Å². The second kappa shape index (κ2) is 13.0. The van der Waals surface area contributed by atoms with E-state index >= 15 is 0 Å². The summed E-state index contributed by atoms with van der Waals surface area (Å²) >= 11 is 5.98. The number of alkyl halides is 2. The predicted molar refractivity (Wildman–Crippen MR) is 183 cm³/mol. The number of ether oxygens (including phenoxy) is 1. The first-order chi connectivity index (χ1) is 21.5. The quantitative estimate of drug-likeness (QED) is 0.151. The Morgan fingerprint density at radius 2 is 1.00 bits per heavy atom. The molecule has 1 unspecified atom stereocenters. The Kier molecular flexibility index (Phi) is 8.74. The SMILES string of the molecule is CCc1cc(CC(F)(Cl)OC)ccc1-c1cc(-c2ccccc2)c(-c2ccccc2)c(-c2ccccc2)c1-c1ccccc1. The first-order valence-electron chi connectivity index (χ1n) is 15.0. The Hall–Kier alpha value is -4.50. The van der Waals surface area contributed by atoms with Crippen molar-refractivity contribution in [1.82, 2.24) is 0 Å². The van der Waals surface area contributed by atoms with Crippen LogP contribution in [0.5, 0.6) is 0 Å². The molecule has 0 spiro atoms. The molecule has 3 heteroatoms. The van der Waals surface area contributed by atoms with Crippen LogP contribution in [0, 0.1) is 0 Å². The second-order valence-electron chi connectivity index (χ2n) is 10.9. The van der Waals surface area contributed by atoms with Crippen LogP contribution in [0.2, 0.25) is 0 Å². The normalized spacial score (nSPS) is 12.5. The molecule has 0 aromatic heterocycles. The highest BCUT2D eigenvalue weighted by Gasteiger charge is 2.27. The van der Waals surface area contributed by atoms with E-state index in [1.807, 2.05) is 6.07 Å². The molecule has 0 radical (unpaired) electrons. The van der Waals surface area contributed by atoms with Gasteiger partial charge in [0.1, 0.15) is 0 Å². The fourth-order valence-corrected chi connectivity index (χ4v) is 6.22. The number of hydrogen-bond acceptors (Lipinski definition) is 1. The number of aryl methyl sites for hydroxylation is 1. The molecular formula is C41H34ClFO. The highest BCUT2D eigenvalue weighted by atomic mass is 35.5. The summed E-state index contributed by atoms with van der Waals surface area (Å²) in [6.07, 6.45) is 0.731. The molecule has 0 saturated heterocycles. The first kappa shape index (κ1) is 29.6. The summed E-state index contributed by atoms with van der Waals surface area (Å²) in [5.74, 6) is 0. The smallest absolute Gasteiger partial charge is 0.290 e. The van der Waals surface area contributed by atoms with Gasteiger partial charge < -0.3 is 4.74 Å². The Morgan fingerprint density at radius 3 is 1.48 bits per heavy atom. The number of halogens is 2. The van der Waals surface area contributed by atoms with Crippen molar-refractivity contribution in [3.63, 3.8) is 0 Å². The number of benzene rings is 6. The van der Waals surface area contributed by atoms with E-state index in [1.54, 1.807) is 0 Å². The van der Waals surface area contributed by atoms with Crippen LogP contribution in [-0.4, -0.2) is 12.4 Å². The van der Waals surface area contributed by atoms with Crippen LogP contribution in [-0.2, 0) is 17.6 Å². The van der Waals surface area contributed by atoms with Gasteiger partial charge in [0.05, 0.1) is 0 Å². The van der Waals surface area contributed by atoms with Crippen LogP contribution in [0.25, 0.3) is 55.6 Å². The van der Waals surface area contributed by atoms with Crippen LogP contribution in [0.1, 0.15) is 18.1 Å². The molecule has 218 valence electrons. The molecule has 6 aromatic carbocycles. The van der Waals surface area contributed by atoms with Gasteiger partial charge in [-0.3, -0.25) is 0 Å². The lowest BCUT2D eigenvalue weighted by Gasteiger charge is -2.25. The lowest BCUT2D eigenvalue weighted by molar-refractivity contribution is -0.0456. The zero-order chi connectivity index (χ0) is 30.5. The molecule has 0 aliphatic heterocycles. The van der Waals surface area contributed by atoms with E-state index < -0.39 is 5.31 Å². The standard InChI is InChI=1S/C41H34ClFO/c1-3-30-26-29(28-41(42,43)44-2)24-25-35(30)37-27-36(31-16-8-4-9-17-31)38(32-18-10-5-11-19-32)40(34-22-14-7-15-23-34)39(37)33-20-12-6-13-21-33/h4-27H,3,28H2,1-2H3. The Balaban J connectivity index is 1.76. The fourth-order valence-electron chi connectivity index (χ4n) is 6.07. The molecule has 0 fully saturated rings. The minimum absolute atomic E-state index is 0.0403. The van der Waals surface area contributed by atoms with Crippen molar-refractivity contribution in [1.29, 1.82) is 0 Å². The molecule has 1 nitrogen and oxygen atoms in total. The Bertz CT molecular complexity index is 1850. The zero-order valence-corrected chi connectivity index (χ0v) is 25.7. The van der Waals surface area contributed by atoms with Crippen molar-refractivity contribution in [3.8, 4) is 55.6 Å². The van der Waals surface area contributed by atoms with Gasteiger partial charge in [0, 0.05) is 13.5 Å². The molecule has 0 aliphatic carbocycles. The summed E-state index contributed by atoms with van der Waals surface area (Å²) in [6, 6.07) is 51.0. The maximum absolute atomic E-state index is 14.7. The molecule has 6 rings (SSSR count). The average Bonchev–Trinajstić information content (AvgIpc) is 3.08. The van der Waals surface area contributed by atoms with E-state index in [0.717, 1.165) is 62.1 Å². The van der Waals surface area contributed by atoms with Crippen molar-refractivity contribution in [2.45, 2.75) is 25.1 Å². The molecule has 0 bridgehead atoms. The maximum Gasteiger partial charge on any atom is 0.290 e. The van der Waals surface area contributed by atoms with Crippen molar-refractivity contribution in [2.24, 2.45) is 0 Å². The van der Waals surface area contributed by atoms with Gasteiger partial charge in [0.25, 0.3) is 5.31 Å². The number of rotatable bonds is 9. The highest BCUT2D eigenvalue weighted by Crippen LogP contribution is 2.50. The van der Waals surface area contributed by atoms with Gasteiger partial charge in [-0.1, -0.05) is 158 Å². The van der Waals surface area contributed by atoms with E-state index in [4.69, 9.17) is 16.3 Å².